The van der Waals surface area contributed by atoms with Crippen molar-refractivity contribution in [3.63, 3.8) is 0 Å². The molecule has 0 saturated heterocycles. The molecule has 74 valence electrons. The number of nitrogens with zero attached hydrogens (tertiary/aromatic N) is 2. The van der Waals surface area contributed by atoms with Gasteiger partial charge in [-0.25, -0.2) is 0 Å². The number of pyridine rings is 1. The lowest BCUT2D eigenvalue weighted by atomic mass is 10.1. The van der Waals surface area contributed by atoms with Gasteiger partial charge in [0.05, 0.1) is 16.7 Å². The predicted molar refractivity (Wildman–Crippen MR) is 60.9 cm³/mol. The largest absolute Gasteiger partial charge is 0.277 e. The van der Waals surface area contributed by atoms with E-state index in [0.717, 1.165) is 27.8 Å². The molecule has 3 aromatic rings. The van der Waals surface area contributed by atoms with Crippen molar-refractivity contribution in [3.8, 4) is 0 Å². The first-order chi connectivity index (χ1) is 7.25. The monoisotopic (exact) mass is 197 g/mol. The van der Waals surface area contributed by atoms with Crippen LogP contribution in [0.2, 0.25) is 0 Å². The molecule has 3 nitrogen and oxygen atoms in total. The molecule has 2 aromatic heterocycles. The molecule has 0 radical (unpaired) electrons. The van der Waals surface area contributed by atoms with E-state index in [-0.39, 0.29) is 0 Å². The van der Waals surface area contributed by atoms with E-state index in [2.05, 4.69) is 27.3 Å². The van der Waals surface area contributed by atoms with Crippen LogP contribution < -0.4 is 0 Å². The minimum absolute atomic E-state index is 1.02. The SMILES string of the molecule is Cc1ccc2c(ccc3c(C)n[nH]c32)n1. The smallest absolute Gasteiger partial charge is 0.0747 e. The highest BCUT2D eigenvalue weighted by molar-refractivity contribution is 6.04. The van der Waals surface area contributed by atoms with Gasteiger partial charge in [0, 0.05) is 16.5 Å². The van der Waals surface area contributed by atoms with Crippen molar-refractivity contribution in [2.24, 2.45) is 0 Å². The Kier molecular flexibility index (Phi) is 1.57. The average molecular weight is 197 g/mol. The van der Waals surface area contributed by atoms with Crippen LogP contribution in [0.3, 0.4) is 0 Å². The van der Waals surface area contributed by atoms with Gasteiger partial charge in [0.25, 0.3) is 0 Å². The Bertz CT molecular complexity index is 652. The van der Waals surface area contributed by atoms with Gasteiger partial charge in [-0.1, -0.05) is 0 Å². The van der Waals surface area contributed by atoms with Crippen LogP contribution in [0.4, 0.5) is 0 Å². The van der Waals surface area contributed by atoms with Gasteiger partial charge in [0.2, 0.25) is 0 Å². The van der Waals surface area contributed by atoms with E-state index < -0.39 is 0 Å². The zero-order chi connectivity index (χ0) is 10.4. The summed E-state index contributed by atoms with van der Waals surface area (Å²) < 4.78 is 0. The van der Waals surface area contributed by atoms with Crippen LogP contribution >= 0.6 is 0 Å². The van der Waals surface area contributed by atoms with E-state index in [1.54, 1.807) is 0 Å². The van der Waals surface area contributed by atoms with E-state index in [0.29, 0.717) is 0 Å². The zero-order valence-electron chi connectivity index (χ0n) is 8.70. The number of hydrogen-bond donors (Lipinski definition) is 1. The van der Waals surface area contributed by atoms with Crippen molar-refractivity contribution in [3.05, 3.63) is 35.7 Å². The molecule has 0 unspecified atom stereocenters. The van der Waals surface area contributed by atoms with Crippen LogP contribution in [0.25, 0.3) is 21.8 Å². The van der Waals surface area contributed by atoms with Crippen LogP contribution in [0.15, 0.2) is 24.3 Å². The summed E-state index contributed by atoms with van der Waals surface area (Å²) in [5, 5.41) is 9.59. The summed E-state index contributed by atoms with van der Waals surface area (Å²) in [6.07, 6.45) is 0. The first-order valence-corrected chi connectivity index (χ1v) is 4.97. The molecule has 2 heterocycles. The lowest BCUT2D eigenvalue weighted by Crippen LogP contribution is -1.83. The van der Waals surface area contributed by atoms with Crippen molar-refractivity contribution < 1.29 is 0 Å². The molecule has 1 aromatic carbocycles. The van der Waals surface area contributed by atoms with Gasteiger partial charge in [-0.2, -0.15) is 5.10 Å². The fourth-order valence-electron chi connectivity index (χ4n) is 1.93. The lowest BCUT2D eigenvalue weighted by molar-refractivity contribution is 1.07. The van der Waals surface area contributed by atoms with Crippen LogP contribution in [-0.2, 0) is 0 Å². The maximum absolute atomic E-state index is 4.49. The Hall–Kier alpha value is -1.90. The molecular formula is C12H11N3. The second kappa shape index (κ2) is 2.79. The van der Waals surface area contributed by atoms with Crippen molar-refractivity contribution in [1.82, 2.24) is 15.2 Å². The number of aromatic amines is 1. The zero-order valence-corrected chi connectivity index (χ0v) is 8.70. The Morgan fingerprint density at radius 2 is 1.80 bits per heavy atom. The van der Waals surface area contributed by atoms with Gasteiger partial charge < -0.3 is 0 Å². The number of rotatable bonds is 0. The first-order valence-electron chi connectivity index (χ1n) is 4.97. The molecule has 0 spiro atoms. The summed E-state index contributed by atoms with van der Waals surface area (Å²) in [5.41, 5.74) is 4.18. The molecule has 0 aliphatic rings. The quantitative estimate of drug-likeness (QED) is 0.602. The minimum atomic E-state index is 1.02. The molecule has 1 N–H and O–H groups in total. The highest BCUT2D eigenvalue weighted by Crippen LogP contribution is 2.24. The molecule has 3 rings (SSSR count). The third kappa shape index (κ3) is 1.13. The third-order valence-corrected chi connectivity index (χ3v) is 2.74. The average Bonchev–Trinajstić information content (AvgIpc) is 2.60. The van der Waals surface area contributed by atoms with Gasteiger partial charge >= 0.3 is 0 Å². The normalized spacial score (nSPS) is 11.3. The number of nitrogens with one attached hydrogen (secondary N) is 1. The summed E-state index contributed by atoms with van der Waals surface area (Å²) in [6.45, 7) is 4.01. The van der Waals surface area contributed by atoms with Crippen molar-refractivity contribution >= 4 is 21.8 Å². The standard InChI is InChI=1S/C12H11N3/c1-7-3-4-10-11(13-7)6-5-9-8(2)14-15-12(9)10/h3-6H,1-2H3,(H,14,15). The summed E-state index contributed by atoms with van der Waals surface area (Å²) in [4.78, 5) is 4.49. The molecule has 0 bridgehead atoms. The Morgan fingerprint density at radius 1 is 1.00 bits per heavy atom. The maximum Gasteiger partial charge on any atom is 0.0747 e. The number of H-pyrrole nitrogens is 1. The molecule has 0 aliphatic carbocycles. The summed E-state index contributed by atoms with van der Waals surface area (Å²) >= 11 is 0. The molecule has 0 saturated carbocycles. The molecule has 0 amide bonds. The van der Waals surface area contributed by atoms with Crippen LogP contribution in [0.1, 0.15) is 11.4 Å². The van der Waals surface area contributed by atoms with Crippen LogP contribution in [0.5, 0.6) is 0 Å². The van der Waals surface area contributed by atoms with Crippen molar-refractivity contribution in [2.45, 2.75) is 13.8 Å². The molecule has 15 heavy (non-hydrogen) atoms. The summed E-state index contributed by atoms with van der Waals surface area (Å²) in [5.74, 6) is 0. The van der Waals surface area contributed by atoms with Gasteiger partial charge in [0.15, 0.2) is 0 Å². The maximum atomic E-state index is 4.49. The number of aromatic nitrogens is 3. The van der Waals surface area contributed by atoms with Gasteiger partial charge in [0.1, 0.15) is 0 Å². The van der Waals surface area contributed by atoms with Crippen molar-refractivity contribution in [2.75, 3.05) is 0 Å². The first kappa shape index (κ1) is 8.41. The van der Waals surface area contributed by atoms with Gasteiger partial charge in [-0.05, 0) is 38.1 Å². The van der Waals surface area contributed by atoms with Gasteiger partial charge in [-0.15, -0.1) is 0 Å². The van der Waals surface area contributed by atoms with E-state index in [1.165, 1.54) is 5.39 Å². The number of benzene rings is 1. The fraction of sp³-hybridized carbons (Fsp3) is 0.167. The Balaban J connectivity index is 2.55. The number of fused-ring (bicyclic) bond motifs is 3. The van der Waals surface area contributed by atoms with E-state index in [4.69, 9.17) is 0 Å². The number of hydrogen-bond acceptors (Lipinski definition) is 2. The molecule has 0 fully saturated rings. The van der Waals surface area contributed by atoms with E-state index in [9.17, 15) is 0 Å². The molecule has 3 heteroatoms. The molecule has 0 atom stereocenters. The van der Waals surface area contributed by atoms with Gasteiger partial charge in [-0.3, -0.25) is 10.1 Å². The Labute approximate surface area is 87.1 Å². The molecular weight excluding hydrogens is 186 g/mol. The second-order valence-electron chi connectivity index (χ2n) is 3.82. The lowest BCUT2D eigenvalue weighted by Gasteiger charge is -1.99. The fourth-order valence-corrected chi connectivity index (χ4v) is 1.93. The predicted octanol–water partition coefficient (Wildman–Crippen LogP) is 2.73. The number of aryl methyl sites for hydroxylation is 2. The highest BCUT2D eigenvalue weighted by atomic mass is 15.1. The Morgan fingerprint density at radius 3 is 2.67 bits per heavy atom. The summed E-state index contributed by atoms with van der Waals surface area (Å²) in [6, 6.07) is 8.24. The topological polar surface area (TPSA) is 41.6 Å². The van der Waals surface area contributed by atoms with E-state index in [1.807, 2.05) is 26.0 Å². The highest BCUT2D eigenvalue weighted by Gasteiger charge is 2.05. The molecule has 0 aliphatic heterocycles. The summed E-state index contributed by atoms with van der Waals surface area (Å²) in [7, 11) is 0. The van der Waals surface area contributed by atoms with Crippen LogP contribution in [0, 0.1) is 13.8 Å². The van der Waals surface area contributed by atoms with Crippen molar-refractivity contribution in [1.29, 1.82) is 0 Å². The van der Waals surface area contributed by atoms with E-state index >= 15 is 0 Å². The minimum Gasteiger partial charge on any atom is -0.277 e. The third-order valence-electron chi connectivity index (χ3n) is 2.74. The van der Waals surface area contributed by atoms with Crippen LogP contribution in [-0.4, -0.2) is 15.2 Å². The second-order valence-corrected chi connectivity index (χ2v) is 3.82.